The van der Waals surface area contributed by atoms with Crippen molar-refractivity contribution in [3.05, 3.63) is 17.5 Å². The second-order valence-electron chi connectivity index (χ2n) is 3.76. The number of methoxy groups -OCH3 is 1. The highest BCUT2D eigenvalue weighted by molar-refractivity contribution is 5.88. The molecule has 0 aromatic carbocycles. The fourth-order valence-electron chi connectivity index (χ4n) is 1.29. The van der Waals surface area contributed by atoms with E-state index in [-0.39, 0.29) is 11.6 Å². The van der Waals surface area contributed by atoms with Crippen LogP contribution in [0.4, 0.5) is 0 Å². The lowest BCUT2D eigenvalue weighted by Crippen LogP contribution is -2.09. The normalized spacial score (nSPS) is 10.4. The lowest BCUT2D eigenvalue weighted by atomic mass is 10.2. The molecule has 0 saturated heterocycles. The van der Waals surface area contributed by atoms with Crippen LogP contribution in [0.1, 0.15) is 22.5 Å². The quantitative estimate of drug-likeness (QED) is 0.667. The molecule has 0 aliphatic carbocycles. The van der Waals surface area contributed by atoms with Crippen LogP contribution in [0.3, 0.4) is 0 Å². The van der Waals surface area contributed by atoms with Crippen molar-refractivity contribution in [2.24, 2.45) is 0 Å². The highest BCUT2D eigenvalue weighted by Crippen LogP contribution is 2.08. The molecule has 1 rings (SSSR count). The molecule has 1 heterocycles. The summed E-state index contributed by atoms with van der Waals surface area (Å²) in [5.74, 6) is -1.05. The number of nitrogens with zero attached hydrogens (tertiary/aromatic N) is 2. The largest absolute Gasteiger partial charge is 0.478 e. The van der Waals surface area contributed by atoms with Crippen LogP contribution in [0, 0.1) is 6.92 Å². The van der Waals surface area contributed by atoms with Crippen LogP contribution < -0.4 is 4.74 Å². The van der Waals surface area contributed by atoms with Crippen LogP contribution in [0.25, 0.3) is 0 Å². The summed E-state index contributed by atoms with van der Waals surface area (Å²) in [6.07, 6.45) is 1.95. The number of ether oxygens (including phenoxy) is 3. The Balaban J connectivity index is 2.26. The molecule has 0 fully saturated rings. The van der Waals surface area contributed by atoms with Gasteiger partial charge in [0.15, 0.2) is 0 Å². The van der Waals surface area contributed by atoms with E-state index >= 15 is 0 Å². The van der Waals surface area contributed by atoms with Crippen molar-refractivity contribution < 1.29 is 24.1 Å². The maximum Gasteiger partial charge on any atom is 0.339 e. The van der Waals surface area contributed by atoms with Crippen molar-refractivity contribution in [2.75, 3.05) is 33.5 Å². The Morgan fingerprint density at radius 1 is 1.32 bits per heavy atom. The number of carboxylic acid groups (broad SMARTS) is 1. The summed E-state index contributed by atoms with van der Waals surface area (Å²) in [6.45, 7) is 3.71. The Morgan fingerprint density at radius 3 is 2.74 bits per heavy atom. The third kappa shape index (κ3) is 5.62. The van der Waals surface area contributed by atoms with Crippen molar-refractivity contribution in [3.63, 3.8) is 0 Å². The first-order valence-corrected chi connectivity index (χ1v) is 5.91. The summed E-state index contributed by atoms with van der Waals surface area (Å²) in [6, 6.07) is 0.180. The monoisotopic (exact) mass is 270 g/mol. The van der Waals surface area contributed by atoms with Crippen molar-refractivity contribution in [1.29, 1.82) is 0 Å². The fourth-order valence-corrected chi connectivity index (χ4v) is 1.29. The van der Waals surface area contributed by atoms with Gasteiger partial charge in [-0.1, -0.05) is 0 Å². The SMILES string of the molecule is COCCOCCCOc1ncc(C(=O)O)c(C)n1. The maximum absolute atomic E-state index is 10.8. The summed E-state index contributed by atoms with van der Waals surface area (Å²) in [7, 11) is 1.62. The number of rotatable bonds is 9. The van der Waals surface area contributed by atoms with E-state index < -0.39 is 5.97 Å². The number of aromatic nitrogens is 2. The first-order chi connectivity index (χ1) is 9.15. The molecule has 0 aliphatic rings. The minimum absolute atomic E-state index is 0.0789. The van der Waals surface area contributed by atoms with E-state index in [4.69, 9.17) is 19.3 Å². The summed E-state index contributed by atoms with van der Waals surface area (Å²) < 4.78 is 15.4. The number of aryl methyl sites for hydroxylation is 1. The van der Waals surface area contributed by atoms with Crippen LogP contribution in [-0.4, -0.2) is 54.6 Å². The second kappa shape index (κ2) is 8.39. The minimum atomic E-state index is -1.05. The predicted molar refractivity (Wildman–Crippen MR) is 66.5 cm³/mol. The number of hydrogen-bond donors (Lipinski definition) is 1. The Morgan fingerprint density at radius 2 is 2.11 bits per heavy atom. The second-order valence-corrected chi connectivity index (χ2v) is 3.76. The van der Waals surface area contributed by atoms with Crippen LogP contribution in [-0.2, 0) is 9.47 Å². The summed E-state index contributed by atoms with van der Waals surface area (Å²) >= 11 is 0. The van der Waals surface area contributed by atoms with Crippen molar-refractivity contribution in [2.45, 2.75) is 13.3 Å². The first-order valence-electron chi connectivity index (χ1n) is 5.91. The van der Waals surface area contributed by atoms with Crippen LogP contribution >= 0.6 is 0 Å². The number of aromatic carboxylic acids is 1. The molecule has 7 heteroatoms. The number of carbonyl (C=O) groups is 1. The average molecular weight is 270 g/mol. The zero-order valence-electron chi connectivity index (χ0n) is 11.1. The van der Waals surface area contributed by atoms with Gasteiger partial charge in [0.25, 0.3) is 0 Å². The molecule has 1 aromatic heterocycles. The van der Waals surface area contributed by atoms with Gasteiger partial charge in [0, 0.05) is 26.3 Å². The molecule has 1 aromatic rings. The number of hydrogen-bond acceptors (Lipinski definition) is 6. The van der Waals surface area contributed by atoms with E-state index in [9.17, 15) is 4.79 Å². The lowest BCUT2D eigenvalue weighted by molar-refractivity contribution is 0.0639. The van der Waals surface area contributed by atoms with Gasteiger partial charge in [0.05, 0.1) is 31.1 Å². The molecule has 106 valence electrons. The molecular formula is C12H18N2O5. The Kier molecular flexibility index (Phi) is 6.76. The molecule has 0 bridgehead atoms. The van der Waals surface area contributed by atoms with Gasteiger partial charge in [0.1, 0.15) is 0 Å². The lowest BCUT2D eigenvalue weighted by Gasteiger charge is -2.06. The molecular weight excluding hydrogens is 252 g/mol. The van der Waals surface area contributed by atoms with Crippen LogP contribution in [0.2, 0.25) is 0 Å². The van der Waals surface area contributed by atoms with E-state index in [2.05, 4.69) is 9.97 Å². The maximum atomic E-state index is 10.8. The topological polar surface area (TPSA) is 90.8 Å². The molecule has 0 saturated carbocycles. The predicted octanol–water partition coefficient (Wildman–Crippen LogP) is 0.915. The molecule has 0 atom stereocenters. The van der Waals surface area contributed by atoms with Gasteiger partial charge in [0.2, 0.25) is 0 Å². The summed E-state index contributed by atoms with van der Waals surface area (Å²) in [5, 5.41) is 8.83. The average Bonchev–Trinajstić information content (AvgIpc) is 2.37. The van der Waals surface area contributed by atoms with Crippen molar-refractivity contribution in [1.82, 2.24) is 9.97 Å². The highest BCUT2D eigenvalue weighted by atomic mass is 16.5. The molecule has 1 N–H and O–H groups in total. The van der Waals surface area contributed by atoms with Gasteiger partial charge in [-0.05, 0) is 6.92 Å². The standard InChI is InChI=1S/C12H18N2O5/c1-9-10(11(15)16)8-13-12(14-9)19-5-3-4-18-7-6-17-2/h8H,3-7H2,1-2H3,(H,15,16). The summed E-state index contributed by atoms with van der Waals surface area (Å²) in [4.78, 5) is 18.6. The smallest absolute Gasteiger partial charge is 0.339 e. The molecule has 0 spiro atoms. The van der Waals surface area contributed by atoms with Gasteiger partial charge < -0.3 is 19.3 Å². The van der Waals surface area contributed by atoms with Gasteiger partial charge in [-0.15, -0.1) is 0 Å². The van der Waals surface area contributed by atoms with E-state index in [1.807, 2.05) is 0 Å². The van der Waals surface area contributed by atoms with Gasteiger partial charge in [-0.2, -0.15) is 4.98 Å². The first kappa shape index (κ1) is 15.3. The molecule has 19 heavy (non-hydrogen) atoms. The molecule has 0 unspecified atom stereocenters. The molecule has 0 radical (unpaired) electrons. The third-order valence-electron chi connectivity index (χ3n) is 2.28. The van der Waals surface area contributed by atoms with Gasteiger partial charge in [-0.3, -0.25) is 0 Å². The van der Waals surface area contributed by atoms with E-state index in [0.29, 0.717) is 38.5 Å². The van der Waals surface area contributed by atoms with Gasteiger partial charge in [-0.25, -0.2) is 9.78 Å². The number of carboxylic acids is 1. The fraction of sp³-hybridized carbons (Fsp3) is 0.583. The van der Waals surface area contributed by atoms with Crippen LogP contribution in [0.15, 0.2) is 6.20 Å². The zero-order valence-corrected chi connectivity index (χ0v) is 11.1. The molecule has 0 amide bonds. The third-order valence-corrected chi connectivity index (χ3v) is 2.28. The Hall–Kier alpha value is -1.73. The van der Waals surface area contributed by atoms with E-state index in [1.54, 1.807) is 14.0 Å². The molecule has 0 aliphatic heterocycles. The summed E-state index contributed by atoms with van der Waals surface area (Å²) in [5.41, 5.74) is 0.462. The zero-order chi connectivity index (χ0) is 14.1. The van der Waals surface area contributed by atoms with Gasteiger partial charge >= 0.3 is 12.0 Å². The van der Waals surface area contributed by atoms with E-state index in [0.717, 1.165) is 0 Å². The van der Waals surface area contributed by atoms with E-state index in [1.165, 1.54) is 6.20 Å². The Labute approximate surface area is 111 Å². The van der Waals surface area contributed by atoms with Crippen molar-refractivity contribution >= 4 is 5.97 Å². The Bertz CT molecular complexity index is 411. The molecule has 7 nitrogen and oxygen atoms in total. The van der Waals surface area contributed by atoms with Crippen LogP contribution in [0.5, 0.6) is 6.01 Å². The highest BCUT2D eigenvalue weighted by Gasteiger charge is 2.10. The minimum Gasteiger partial charge on any atom is -0.478 e. The van der Waals surface area contributed by atoms with Crippen molar-refractivity contribution in [3.8, 4) is 6.01 Å².